The van der Waals surface area contributed by atoms with E-state index in [0.717, 1.165) is 11.3 Å². The number of benzene rings is 2. The van der Waals surface area contributed by atoms with Crippen molar-refractivity contribution in [2.45, 2.75) is 32.4 Å². The van der Waals surface area contributed by atoms with Crippen LogP contribution in [0.2, 0.25) is 0 Å². The molecule has 1 saturated carbocycles. The lowest BCUT2D eigenvalue weighted by Crippen LogP contribution is -2.22. The minimum Gasteiger partial charge on any atom is -0.494 e. The normalized spacial score (nSPS) is 15.0. The van der Waals surface area contributed by atoms with Gasteiger partial charge in [0.1, 0.15) is 5.75 Å². The highest BCUT2D eigenvalue weighted by Crippen LogP contribution is 2.41. The standard InChI is InChI=1S/C21H23N3O2/c1-2-25-18-12-10-17(11-13-18)21-24-23-19(26-21)14-22-20(16-8-9-16)15-6-4-3-5-7-15/h3-7,10-13,16,20,22H,2,8-9,14H2,1H3/t20-/m0/s1. The topological polar surface area (TPSA) is 60.2 Å². The Morgan fingerprint density at radius 3 is 2.54 bits per heavy atom. The van der Waals surface area contributed by atoms with Gasteiger partial charge in [-0.1, -0.05) is 30.3 Å². The Morgan fingerprint density at radius 1 is 1.08 bits per heavy atom. The van der Waals surface area contributed by atoms with Crippen molar-refractivity contribution >= 4 is 0 Å². The highest BCUT2D eigenvalue weighted by molar-refractivity contribution is 5.53. The summed E-state index contributed by atoms with van der Waals surface area (Å²) in [7, 11) is 0. The lowest BCUT2D eigenvalue weighted by atomic mass is 10.0. The van der Waals surface area contributed by atoms with E-state index in [1.165, 1.54) is 18.4 Å². The molecule has 1 N–H and O–H groups in total. The van der Waals surface area contributed by atoms with E-state index in [-0.39, 0.29) is 0 Å². The van der Waals surface area contributed by atoms with E-state index in [1.54, 1.807) is 0 Å². The van der Waals surface area contributed by atoms with E-state index in [2.05, 4.69) is 45.8 Å². The molecular weight excluding hydrogens is 326 g/mol. The third kappa shape index (κ3) is 3.94. The zero-order valence-electron chi connectivity index (χ0n) is 14.9. The maximum absolute atomic E-state index is 5.83. The van der Waals surface area contributed by atoms with Crippen molar-refractivity contribution in [1.29, 1.82) is 0 Å². The van der Waals surface area contributed by atoms with Crippen LogP contribution in [0.5, 0.6) is 5.75 Å². The molecule has 2 aromatic carbocycles. The number of hydrogen-bond donors (Lipinski definition) is 1. The molecule has 0 radical (unpaired) electrons. The first-order chi connectivity index (χ1) is 12.8. The van der Waals surface area contributed by atoms with E-state index < -0.39 is 0 Å². The summed E-state index contributed by atoms with van der Waals surface area (Å²) >= 11 is 0. The van der Waals surface area contributed by atoms with Crippen LogP contribution in [0.15, 0.2) is 59.0 Å². The van der Waals surface area contributed by atoms with E-state index >= 15 is 0 Å². The van der Waals surface area contributed by atoms with Crippen LogP contribution in [-0.4, -0.2) is 16.8 Å². The maximum Gasteiger partial charge on any atom is 0.247 e. The molecule has 5 nitrogen and oxygen atoms in total. The van der Waals surface area contributed by atoms with Crippen molar-refractivity contribution < 1.29 is 9.15 Å². The number of hydrogen-bond acceptors (Lipinski definition) is 5. The van der Waals surface area contributed by atoms with Gasteiger partial charge in [0.15, 0.2) is 0 Å². The van der Waals surface area contributed by atoms with Gasteiger partial charge in [0.05, 0.1) is 13.2 Å². The third-order valence-electron chi connectivity index (χ3n) is 4.60. The molecule has 1 aromatic heterocycles. The SMILES string of the molecule is CCOc1ccc(-c2nnc(CN[C@@H](c3ccccc3)C3CC3)o2)cc1. The smallest absolute Gasteiger partial charge is 0.247 e. The van der Waals surface area contributed by atoms with Gasteiger partial charge >= 0.3 is 0 Å². The van der Waals surface area contributed by atoms with Crippen molar-refractivity contribution in [2.75, 3.05) is 6.61 Å². The number of nitrogens with one attached hydrogen (secondary N) is 1. The molecule has 0 saturated heterocycles. The number of ether oxygens (including phenoxy) is 1. The molecule has 1 atom stereocenters. The molecule has 1 heterocycles. The third-order valence-corrected chi connectivity index (χ3v) is 4.60. The van der Waals surface area contributed by atoms with Crippen LogP contribution < -0.4 is 10.1 Å². The van der Waals surface area contributed by atoms with Crippen LogP contribution in [-0.2, 0) is 6.54 Å². The van der Waals surface area contributed by atoms with Crippen molar-refractivity contribution in [3.8, 4) is 17.2 Å². The predicted molar refractivity (Wildman–Crippen MR) is 99.6 cm³/mol. The molecule has 0 spiro atoms. The highest BCUT2D eigenvalue weighted by Gasteiger charge is 2.32. The molecular formula is C21H23N3O2. The van der Waals surface area contributed by atoms with Crippen molar-refractivity contribution in [1.82, 2.24) is 15.5 Å². The van der Waals surface area contributed by atoms with Crippen molar-refractivity contribution in [3.05, 3.63) is 66.1 Å². The fourth-order valence-electron chi connectivity index (χ4n) is 3.15. The molecule has 134 valence electrons. The van der Waals surface area contributed by atoms with Crippen LogP contribution in [0.1, 0.15) is 37.3 Å². The van der Waals surface area contributed by atoms with Crippen LogP contribution in [0.3, 0.4) is 0 Å². The van der Waals surface area contributed by atoms with Crippen LogP contribution in [0.25, 0.3) is 11.5 Å². The molecule has 0 unspecified atom stereocenters. The Kier molecular flexibility index (Phi) is 4.97. The Labute approximate surface area is 153 Å². The van der Waals surface area contributed by atoms with Gasteiger partial charge in [0.25, 0.3) is 0 Å². The molecule has 4 rings (SSSR count). The summed E-state index contributed by atoms with van der Waals surface area (Å²) in [6, 6.07) is 18.6. The lowest BCUT2D eigenvalue weighted by molar-refractivity contribution is 0.340. The Hall–Kier alpha value is -2.66. The molecule has 3 aromatic rings. The van der Waals surface area contributed by atoms with Gasteiger partial charge in [-0.25, -0.2) is 0 Å². The molecule has 1 fully saturated rings. The van der Waals surface area contributed by atoms with Gasteiger partial charge in [-0.15, -0.1) is 10.2 Å². The van der Waals surface area contributed by atoms with Crippen LogP contribution in [0, 0.1) is 5.92 Å². The lowest BCUT2D eigenvalue weighted by Gasteiger charge is -2.17. The minimum atomic E-state index is 0.344. The molecule has 26 heavy (non-hydrogen) atoms. The Balaban J connectivity index is 1.41. The predicted octanol–water partition coefficient (Wildman–Crippen LogP) is 4.38. The van der Waals surface area contributed by atoms with Gasteiger partial charge in [0.2, 0.25) is 11.8 Å². The zero-order valence-corrected chi connectivity index (χ0v) is 14.9. The highest BCUT2D eigenvalue weighted by atomic mass is 16.5. The number of aromatic nitrogens is 2. The van der Waals surface area contributed by atoms with Gasteiger partial charge in [-0.05, 0) is 55.5 Å². The largest absolute Gasteiger partial charge is 0.494 e. The fourth-order valence-corrected chi connectivity index (χ4v) is 3.15. The van der Waals surface area contributed by atoms with Gasteiger partial charge in [-0.2, -0.15) is 0 Å². The Bertz CT molecular complexity index is 826. The molecule has 5 heteroatoms. The first-order valence-electron chi connectivity index (χ1n) is 9.17. The quantitative estimate of drug-likeness (QED) is 0.654. The van der Waals surface area contributed by atoms with Gasteiger partial charge in [-0.3, -0.25) is 0 Å². The summed E-state index contributed by atoms with van der Waals surface area (Å²) in [5, 5.41) is 12.0. The summed E-state index contributed by atoms with van der Waals surface area (Å²) < 4.78 is 11.3. The average Bonchev–Trinajstić information content (AvgIpc) is 3.41. The second-order valence-electron chi connectivity index (χ2n) is 6.57. The minimum absolute atomic E-state index is 0.344. The second kappa shape index (κ2) is 7.70. The molecule has 1 aliphatic carbocycles. The van der Waals surface area contributed by atoms with E-state index in [9.17, 15) is 0 Å². The molecule has 0 bridgehead atoms. The second-order valence-corrected chi connectivity index (χ2v) is 6.57. The van der Waals surface area contributed by atoms with E-state index in [1.807, 2.05) is 31.2 Å². The number of nitrogens with zero attached hydrogens (tertiary/aromatic N) is 2. The molecule has 0 aliphatic heterocycles. The maximum atomic E-state index is 5.83. The summed E-state index contributed by atoms with van der Waals surface area (Å²) in [6.07, 6.45) is 2.54. The van der Waals surface area contributed by atoms with E-state index in [0.29, 0.717) is 36.9 Å². The summed E-state index contributed by atoms with van der Waals surface area (Å²) in [4.78, 5) is 0. The number of rotatable bonds is 8. The van der Waals surface area contributed by atoms with Crippen molar-refractivity contribution in [3.63, 3.8) is 0 Å². The first kappa shape index (κ1) is 16.8. The zero-order chi connectivity index (χ0) is 17.8. The molecule has 0 amide bonds. The van der Waals surface area contributed by atoms with Crippen LogP contribution >= 0.6 is 0 Å². The molecule has 1 aliphatic rings. The fraction of sp³-hybridized carbons (Fsp3) is 0.333. The van der Waals surface area contributed by atoms with E-state index in [4.69, 9.17) is 9.15 Å². The summed E-state index contributed by atoms with van der Waals surface area (Å²) in [6.45, 7) is 3.19. The average molecular weight is 349 g/mol. The summed E-state index contributed by atoms with van der Waals surface area (Å²) in [5.41, 5.74) is 2.22. The monoisotopic (exact) mass is 349 g/mol. The van der Waals surface area contributed by atoms with Crippen LogP contribution in [0.4, 0.5) is 0 Å². The van der Waals surface area contributed by atoms with Gasteiger partial charge < -0.3 is 14.5 Å². The first-order valence-corrected chi connectivity index (χ1v) is 9.17. The Morgan fingerprint density at radius 2 is 1.85 bits per heavy atom. The van der Waals surface area contributed by atoms with Gasteiger partial charge in [0, 0.05) is 11.6 Å². The summed E-state index contributed by atoms with van der Waals surface area (Å²) in [5.74, 6) is 2.68. The van der Waals surface area contributed by atoms with Crippen molar-refractivity contribution in [2.24, 2.45) is 5.92 Å².